The molecule has 4 N–H and O–H groups in total. The van der Waals surface area contributed by atoms with Crippen molar-refractivity contribution in [1.82, 2.24) is 0 Å². The van der Waals surface area contributed by atoms with E-state index in [-0.39, 0.29) is 45.7 Å². The van der Waals surface area contributed by atoms with Gasteiger partial charge in [-0.05, 0) is 134 Å². The maximum atomic E-state index is 14.2. The first-order chi connectivity index (χ1) is 35.1. The van der Waals surface area contributed by atoms with Gasteiger partial charge in [-0.25, -0.2) is 31.5 Å². The van der Waals surface area contributed by atoms with Gasteiger partial charge in [0.25, 0.3) is 11.8 Å². The Morgan fingerprint density at radius 3 is 1.41 bits per heavy atom. The van der Waals surface area contributed by atoms with Gasteiger partial charge in [-0.1, -0.05) is 78.1 Å². The summed E-state index contributed by atoms with van der Waals surface area (Å²) in [6.07, 6.45) is 2.79. The third kappa shape index (κ3) is 19.1. The largest absolute Gasteiger partial charge is 0.494 e. The van der Waals surface area contributed by atoms with Crippen molar-refractivity contribution in [3.8, 4) is 23.0 Å². The van der Waals surface area contributed by atoms with Crippen LogP contribution in [0.25, 0.3) is 23.7 Å². The smallest absolute Gasteiger partial charge is 0.330 e. The number of hydrogen-bond donors (Lipinski definition) is 2. The molecule has 74 heavy (non-hydrogen) atoms. The second kappa shape index (κ2) is 28.0. The Labute approximate surface area is 431 Å². The third-order valence-electron chi connectivity index (χ3n) is 11.3. The standard InChI is InChI=1S/C57H61F5N2O8.C2H6/c1-38(43-15-24-47(25-16-43)67-33-7-31-56(59,60)40(3)58)71-49-20-9-41(10-21-49)13-29-53(65)69-36-45(51-28-19-46(63)35-52(51)64)37-70-54(66)30-14-42-11-22-50(23-12-42)72-39(2)44-17-26-48(27-18-44)68-34-8-32-57(61,62)55(4,5)6;1-2/h9-30,35,40,45H,1-2,7-8,31-34,36-37,63-64H2,3-6H3;1-2H3/b29-13+,30-14+;. The Morgan fingerprint density at radius 2 is 1.01 bits per heavy atom. The van der Waals surface area contributed by atoms with Crippen LogP contribution in [0, 0.1) is 5.41 Å². The van der Waals surface area contributed by atoms with Gasteiger partial charge in [0.05, 0.1) is 19.1 Å². The number of alkyl halides is 5. The fourth-order valence-corrected chi connectivity index (χ4v) is 6.71. The van der Waals surface area contributed by atoms with E-state index in [2.05, 4.69) is 13.2 Å². The van der Waals surface area contributed by atoms with E-state index in [4.69, 9.17) is 39.9 Å². The van der Waals surface area contributed by atoms with Crippen LogP contribution in [-0.4, -0.2) is 56.4 Å². The van der Waals surface area contributed by atoms with E-state index in [1.54, 1.807) is 127 Å². The molecule has 0 saturated carbocycles. The van der Waals surface area contributed by atoms with E-state index in [1.165, 1.54) is 32.9 Å². The van der Waals surface area contributed by atoms with E-state index in [9.17, 15) is 31.5 Å². The highest BCUT2D eigenvalue weighted by Crippen LogP contribution is 2.39. The molecule has 0 fully saturated rings. The van der Waals surface area contributed by atoms with E-state index in [1.807, 2.05) is 13.8 Å². The molecule has 15 heteroatoms. The molecule has 5 aromatic rings. The number of nitrogens with two attached hydrogens (primary N) is 2. The zero-order chi connectivity index (χ0) is 54.5. The molecule has 0 heterocycles. The molecule has 0 saturated heterocycles. The monoisotopic (exact) mass is 1030 g/mol. The Morgan fingerprint density at radius 1 is 0.608 bits per heavy atom. The molecular weight excluding hydrogens is 960 g/mol. The fraction of sp³-hybridized carbons (Fsp3) is 0.322. The minimum absolute atomic E-state index is 0.00361. The van der Waals surface area contributed by atoms with E-state index in [0.29, 0.717) is 73.7 Å². The number of benzene rings is 5. The lowest BCUT2D eigenvalue weighted by Gasteiger charge is -2.30. The number of carbonyl (C=O) groups is 2. The summed E-state index contributed by atoms with van der Waals surface area (Å²) in [6, 6.07) is 32.4. The first-order valence-electron chi connectivity index (χ1n) is 24.2. The number of anilines is 2. The van der Waals surface area contributed by atoms with Crippen LogP contribution in [0.2, 0.25) is 0 Å². The first-order valence-corrected chi connectivity index (χ1v) is 24.2. The van der Waals surface area contributed by atoms with Crippen molar-refractivity contribution in [2.75, 3.05) is 37.9 Å². The van der Waals surface area contributed by atoms with Crippen molar-refractivity contribution < 1.29 is 60.0 Å². The topological polar surface area (TPSA) is 142 Å². The SMILES string of the molecule is C=C(Oc1ccc(/C=C/C(=O)OCC(COC(=O)/C=C/c2ccc(OC(=C)c3ccc(OCCCC(F)(F)C(C)(C)C)cc3)cc2)c2ccc(N)cc2N)cc1)c1ccc(OCCCC(F)(F)C(C)F)cc1.CC. The molecule has 0 spiro atoms. The van der Waals surface area contributed by atoms with Crippen LogP contribution >= 0.6 is 0 Å². The summed E-state index contributed by atoms with van der Waals surface area (Å²) in [6.45, 7) is 17.2. The summed E-state index contributed by atoms with van der Waals surface area (Å²) >= 11 is 0. The van der Waals surface area contributed by atoms with Crippen LogP contribution in [0.4, 0.5) is 33.3 Å². The predicted molar refractivity (Wildman–Crippen MR) is 284 cm³/mol. The van der Waals surface area contributed by atoms with Gasteiger partial charge in [-0.3, -0.25) is 0 Å². The van der Waals surface area contributed by atoms with Crippen LogP contribution in [0.1, 0.15) is 101 Å². The van der Waals surface area contributed by atoms with Gasteiger partial charge in [-0.2, -0.15) is 0 Å². The quantitative estimate of drug-likeness (QED) is 0.0137. The fourth-order valence-electron chi connectivity index (χ4n) is 6.71. The zero-order valence-electron chi connectivity index (χ0n) is 42.8. The van der Waals surface area contributed by atoms with Crippen LogP contribution in [-0.2, 0) is 19.1 Å². The highest BCUT2D eigenvalue weighted by atomic mass is 19.3. The number of halogens is 5. The highest BCUT2D eigenvalue weighted by Gasteiger charge is 2.42. The third-order valence-corrected chi connectivity index (χ3v) is 11.3. The van der Waals surface area contributed by atoms with Gasteiger partial charge >= 0.3 is 11.9 Å². The minimum atomic E-state index is -3.39. The second-order valence-corrected chi connectivity index (χ2v) is 18.0. The Balaban J connectivity index is 0.00000585. The summed E-state index contributed by atoms with van der Waals surface area (Å²) in [5, 5.41) is 0. The highest BCUT2D eigenvalue weighted by molar-refractivity contribution is 5.88. The van der Waals surface area contributed by atoms with Gasteiger partial charge in [-0.15, -0.1) is 0 Å². The molecule has 396 valence electrons. The molecule has 0 radical (unpaired) electrons. The number of ether oxygens (including phenoxy) is 6. The molecule has 5 aromatic carbocycles. The van der Waals surface area contributed by atoms with Gasteiger partial charge in [0, 0.05) is 52.9 Å². The molecule has 2 unspecified atom stereocenters. The Kier molecular flexibility index (Phi) is 22.4. The summed E-state index contributed by atoms with van der Waals surface area (Å²) in [4.78, 5) is 25.7. The Hall–Kier alpha value is -7.55. The van der Waals surface area contributed by atoms with E-state index < -0.39 is 47.7 Å². The summed E-state index contributed by atoms with van der Waals surface area (Å²) in [7, 11) is 0. The van der Waals surface area contributed by atoms with Gasteiger partial charge < -0.3 is 39.9 Å². The molecule has 0 aliphatic heterocycles. The lowest BCUT2D eigenvalue weighted by Crippen LogP contribution is -2.34. The number of hydrogen-bond acceptors (Lipinski definition) is 10. The second-order valence-electron chi connectivity index (χ2n) is 18.0. The van der Waals surface area contributed by atoms with Crippen molar-refractivity contribution in [1.29, 1.82) is 0 Å². The lowest BCUT2D eigenvalue weighted by molar-refractivity contribution is -0.141. The van der Waals surface area contributed by atoms with Crippen molar-refractivity contribution in [2.24, 2.45) is 5.41 Å². The molecular formula is C59H67F5N2O8. The van der Waals surface area contributed by atoms with Crippen LogP contribution in [0.15, 0.2) is 141 Å². The Bertz CT molecular complexity index is 2640. The summed E-state index contributed by atoms with van der Waals surface area (Å²) in [5.41, 5.74) is 15.1. The molecule has 5 rings (SSSR count). The van der Waals surface area contributed by atoms with Crippen LogP contribution < -0.4 is 30.4 Å². The molecule has 0 aromatic heterocycles. The number of rotatable bonds is 26. The van der Waals surface area contributed by atoms with Gasteiger partial charge in [0.1, 0.15) is 47.7 Å². The normalized spacial score (nSPS) is 12.5. The van der Waals surface area contributed by atoms with E-state index >= 15 is 0 Å². The van der Waals surface area contributed by atoms with Crippen LogP contribution in [0.5, 0.6) is 23.0 Å². The van der Waals surface area contributed by atoms with E-state index in [0.717, 1.165) is 6.92 Å². The molecule has 0 aliphatic rings. The average Bonchev–Trinajstić information content (AvgIpc) is 3.37. The van der Waals surface area contributed by atoms with Crippen molar-refractivity contribution in [3.05, 3.63) is 168 Å². The summed E-state index contributed by atoms with van der Waals surface area (Å²) < 4.78 is 103. The number of nitrogen functional groups attached to an aromatic ring is 2. The molecule has 0 amide bonds. The van der Waals surface area contributed by atoms with Crippen molar-refractivity contribution in [3.63, 3.8) is 0 Å². The molecule has 2 atom stereocenters. The van der Waals surface area contributed by atoms with Crippen molar-refractivity contribution >= 4 is 47.0 Å². The molecule has 0 bridgehead atoms. The van der Waals surface area contributed by atoms with Crippen molar-refractivity contribution in [2.45, 2.75) is 91.2 Å². The minimum Gasteiger partial charge on any atom is -0.494 e. The predicted octanol–water partition coefficient (Wildman–Crippen LogP) is 14.6. The summed E-state index contributed by atoms with van der Waals surface area (Å²) in [5.74, 6) is -5.38. The zero-order valence-corrected chi connectivity index (χ0v) is 42.8. The van der Waals surface area contributed by atoms with Gasteiger partial charge in [0.15, 0.2) is 6.17 Å². The number of carbonyl (C=O) groups excluding carboxylic acids is 2. The average molecular weight is 1030 g/mol. The lowest BCUT2D eigenvalue weighted by atomic mass is 9.85. The first kappa shape index (κ1) is 59.0. The number of esters is 2. The van der Waals surface area contributed by atoms with Crippen LogP contribution in [0.3, 0.4) is 0 Å². The molecule has 10 nitrogen and oxygen atoms in total. The maximum Gasteiger partial charge on any atom is 0.330 e. The molecule has 0 aliphatic carbocycles. The van der Waals surface area contributed by atoms with Gasteiger partial charge in [0.2, 0.25) is 0 Å². The maximum absolute atomic E-state index is 14.2.